The first-order valence-electron chi connectivity index (χ1n) is 10.7. The zero-order valence-corrected chi connectivity index (χ0v) is 18.8. The maximum atomic E-state index is 5.93. The third kappa shape index (κ3) is 3.84. The Balaban J connectivity index is 1.97. The lowest BCUT2D eigenvalue weighted by Gasteiger charge is -2.23. The Labute approximate surface area is 191 Å². The van der Waals surface area contributed by atoms with Crippen molar-refractivity contribution in [2.75, 3.05) is 0 Å². The van der Waals surface area contributed by atoms with Gasteiger partial charge in [0.05, 0.1) is 9.47 Å². The fourth-order valence-electron chi connectivity index (χ4n) is 4.29. The highest BCUT2D eigenvalue weighted by molar-refractivity contribution is 7.10. The summed E-state index contributed by atoms with van der Waals surface area (Å²) in [6.45, 7) is 0. The Morgan fingerprint density at radius 2 is 0.781 bits per heavy atom. The van der Waals surface area contributed by atoms with Crippen LogP contribution in [0, 0.1) is 0 Å². The smallest absolute Gasteiger partial charge is 0.131 e. The first-order valence-corrected chi connectivity index (χ1v) is 11.1. The molecule has 0 N–H and O–H groups in total. The van der Waals surface area contributed by atoms with E-state index in [1.54, 1.807) is 0 Å². The predicted octanol–water partition coefficient (Wildman–Crippen LogP) is 8.52. The van der Waals surface area contributed by atoms with Gasteiger partial charge in [0.15, 0.2) is 0 Å². The third-order valence-electron chi connectivity index (χ3n) is 5.69. The van der Waals surface area contributed by atoms with Crippen LogP contribution >= 0.6 is 9.47 Å². The van der Waals surface area contributed by atoms with Gasteiger partial charge >= 0.3 is 0 Å². The Morgan fingerprint density at radius 1 is 0.406 bits per heavy atom. The monoisotopic (exact) mass is 430 g/mol. The first-order chi connectivity index (χ1) is 15.9. The summed E-state index contributed by atoms with van der Waals surface area (Å²) < 4.78 is 5.93. The molecule has 154 valence electrons. The minimum absolute atomic E-state index is 0.832. The highest BCUT2D eigenvalue weighted by Crippen LogP contribution is 2.50. The van der Waals surface area contributed by atoms with E-state index in [2.05, 4.69) is 131 Å². The van der Waals surface area contributed by atoms with Crippen LogP contribution in [0.3, 0.4) is 0 Å². The molecule has 0 saturated carbocycles. The van der Waals surface area contributed by atoms with Gasteiger partial charge in [-0.15, -0.1) is 0 Å². The van der Waals surface area contributed by atoms with E-state index in [1.807, 2.05) is 6.07 Å². The molecule has 0 bridgehead atoms. The van der Waals surface area contributed by atoms with Gasteiger partial charge in [-0.05, 0) is 39.4 Å². The molecule has 1 nitrogen and oxygen atoms in total. The van der Waals surface area contributed by atoms with Gasteiger partial charge in [0.25, 0.3) is 0 Å². The van der Waals surface area contributed by atoms with Crippen molar-refractivity contribution in [3.63, 3.8) is 0 Å². The van der Waals surface area contributed by atoms with Gasteiger partial charge < -0.3 is 4.52 Å². The van der Waals surface area contributed by atoms with Crippen LogP contribution in [0.15, 0.2) is 127 Å². The summed E-state index contributed by atoms with van der Waals surface area (Å²) in [5.41, 5.74) is 9.23. The van der Waals surface area contributed by atoms with Gasteiger partial charge in [-0.3, -0.25) is 0 Å². The zero-order valence-electron chi connectivity index (χ0n) is 17.6. The SMILES string of the molecule is POc1cc(-c2ccccc2)c(-c2ccccc2)c(-c2ccccc2)c1-c1ccccc1. The van der Waals surface area contributed by atoms with Crippen molar-refractivity contribution in [3.8, 4) is 50.3 Å². The van der Waals surface area contributed by atoms with Crippen molar-refractivity contribution in [2.45, 2.75) is 0 Å². The summed E-state index contributed by atoms with van der Waals surface area (Å²) in [7, 11) is 2.44. The van der Waals surface area contributed by atoms with Gasteiger partial charge in [0.1, 0.15) is 5.75 Å². The quantitative estimate of drug-likeness (QED) is 0.254. The Kier molecular flexibility index (Phi) is 5.83. The summed E-state index contributed by atoms with van der Waals surface area (Å²) in [5.74, 6) is 0.832. The minimum atomic E-state index is 0.832. The maximum absolute atomic E-state index is 5.93. The predicted molar refractivity (Wildman–Crippen MR) is 139 cm³/mol. The Hall–Kier alpha value is -3.67. The van der Waals surface area contributed by atoms with Crippen LogP contribution < -0.4 is 4.52 Å². The van der Waals surface area contributed by atoms with Crippen molar-refractivity contribution in [2.24, 2.45) is 0 Å². The minimum Gasteiger partial charge on any atom is -0.480 e. The van der Waals surface area contributed by atoms with Crippen LogP contribution in [0.25, 0.3) is 44.5 Å². The van der Waals surface area contributed by atoms with E-state index < -0.39 is 0 Å². The molecule has 0 aromatic heterocycles. The largest absolute Gasteiger partial charge is 0.480 e. The molecule has 32 heavy (non-hydrogen) atoms. The molecule has 0 radical (unpaired) electrons. The molecule has 5 aromatic rings. The molecule has 1 atom stereocenters. The second-order valence-corrected chi connectivity index (χ2v) is 7.86. The van der Waals surface area contributed by atoms with Gasteiger partial charge in [-0.1, -0.05) is 121 Å². The van der Waals surface area contributed by atoms with Crippen LogP contribution in [0.1, 0.15) is 0 Å². The summed E-state index contributed by atoms with van der Waals surface area (Å²) in [6, 6.07) is 44.4. The molecule has 5 rings (SSSR count). The molecule has 1 unspecified atom stereocenters. The average Bonchev–Trinajstić information content (AvgIpc) is 2.89. The molecule has 0 aliphatic carbocycles. The van der Waals surface area contributed by atoms with Crippen molar-refractivity contribution < 1.29 is 4.52 Å². The fraction of sp³-hybridized carbons (Fsp3) is 0. The highest BCUT2D eigenvalue weighted by Gasteiger charge is 2.23. The van der Waals surface area contributed by atoms with Gasteiger partial charge in [-0.2, -0.15) is 0 Å². The fourth-order valence-corrected chi connectivity index (χ4v) is 4.47. The molecule has 5 aromatic carbocycles. The number of hydrogen-bond donors (Lipinski definition) is 0. The molecule has 0 saturated heterocycles. The molecule has 0 heterocycles. The maximum Gasteiger partial charge on any atom is 0.131 e. The number of benzene rings is 5. The standard InChI is InChI=1S/C30H23OP/c32-31-27-21-26(22-13-5-1-6-14-22)28(23-15-7-2-8-16-23)30(25-19-11-4-12-20-25)29(27)24-17-9-3-10-18-24/h1-21H,32H2. The van der Waals surface area contributed by atoms with Crippen LogP contribution in [-0.2, 0) is 0 Å². The first kappa shape index (κ1) is 20.2. The molecule has 0 spiro atoms. The molecule has 0 aliphatic rings. The zero-order chi connectivity index (χ0) is 21.8. The van der Waals surface area contributed by atoms with Crippen LogP contribution in [0.2, 0.25) is 0 Å². The van der Waals surface area contributed by atoms with Crippen LogP contribution in [0.4, 0.5) is 0 Å². The second kappa shape index (κ2) is 9.22. The molecular weight excluding hydrogens is 407 g/mol. The molecule has 0 aliphatic heterocycles. The highest BCUT2D eigenvalue weighted by atomic mass is 31.0. The van der Waals surface area contributed by atoms with E-state index in [4.69, 9.17) is 4.52 Å². The van der Waals surface area contributed by atoms with E-state index in [0.29, 0.717) is 0 Å². The molecular formula is C30H23OP. The lowest BCUT2D eigenvalue weighted by Crippen LogP contribution is -1.96. The molecule has 0 fully saturated rings. The summed E-state index contributed by atoms with van der Waals surface area (Å²) in [5, 5.41) is 0. The van der Waals surface area contributed by atoms with E-state index in [9.17, 15) is 0 Å². The van der Waals surface area contributed by atoms with Crippen molar-refractivity contribution in [1.82, 2.24) is 0 Å². The van der Waals surface area contributed by atoms with E-state index in [0.717, 1.165) is 33.6 Å². The van der Waals surface area contributed by atoms with Gasteiger partial charge in [0, 0.05) is 11.1 Å². The number of rotatable bonds is 5. The van der Waals surface area contributed by atoms with Gasteiger partial charge in [-0.25, -0.2) is 0 Å². The summed E-state index contributed by atoms with van der Waals surface area (Å²) in [6.07, 6.45) is 0. The number of hydrogen-bond acceptors (Lipinski definition) is 1. The lowest BCUT2D eigenvalue weighted by molar-refractivity contribution is 0.649. The molecule has 2 heteroatoms. The summed E-state index contributed by atoms with van der Waals surface area (Å²) >= 11 is 0. The van der Waals surface area contributed by atoms with Gasteiger partial charge in [0.2, 0.25) is 0 Å². The van der Waals surface area contributed by atoms with E-state index in [-0.39, 0.29) is 0 Å². The van der Waals surface area contributed by atoms with E-state index >= 15 is 0 Å². The second-order valence-electron chi connectivity index (χ2n) is 7.63. The van der Waals surface area contributed by atoms with E-state index in [1.165, 1.54) is 16.7 Å². The Morgan fingerprint density at radius 3 is 1.22 bits per heavy atom. The third-order valence-corrected chi connectivity index (χ3v) is 5.94. The van der Waals surface area contributed by atoms with Crippen molar-refractivity contribution >= 4 is 9.47 Å². The Bertz CT molecular complexity index is 1320. The summed E-state index contributed by atoms with van der Waals surface area (Å²) in [4.78, 5) is 0. The van der Waals surface area contributed by atoms with Crippen LogP contribution in [0.5, 0.6) is 5.75 Å². The average molecular weight is 430 g/mol. The van der Waals surface area contributed by atoms with Crippen molar-refractivity contribution in [1.29, 1.82) is 0 Å². The van der Waals surface area contributed by atoms with Crippen molar-refractivity contribution in [3.05, 3.63) is 127 Å². The van der Waals surface area contributed by atoms with Crippen LogP contribution in [-0.4, -0.2) is 0 Å². The normalized spacial score (nSPS) is 10.7. The topological polar surface area (TPSA) is 9.23 Å². The molecule has 0 amide bonds. The lowest BCUT2D eigenvalue weighted by atomic mass is 9.82.